The molecule has 0 atom stereocenters. The fraction of sp³-hybridized carbons (Fsp3) is 0.348. The molecule has 1 saturated heterocycles. The van der Waals surface area contributed by atoms with Crippen molar-refractivity contribution in [2.45, 2.75) is 38.4 Å². The summed E-state index contributed by atoms with van der Waals surface area (Å²) in [6.45, 7) is 5.12. The van der Waals surface area contributed by atoms with Gasteiger partial charge in [0, 0.05) is 24.7 Å². The van der Waals surface area contributed by atoms with Gasteiger partial charge in [-0.2, -0.15) is 13.2 Å². The van der Waals surface area contributed by atoms with Crippen LogP contribution in [0.3, 0.4) is 0 Å². The smallest absolute Gasteiger partial charge is 0.475 e. The lowest BCUT2D eigenvalue weighted by Crippen LogP contribution is -2.33. The third-order valence-electron chi connectivity index (χ3n) is 5.75. The van der Waals surface area contributed by atoms with Gasteiger partial charge in [-0.3, -0.25) is 4.90 Å². The molecule has 0 unspecified atom stereocenters. The molecule has 11 heteroatoms. The Morgan fingerprint density at radius 3 is 2.56 bits per heavy atom. The fourth-order valence-corrected chi connectivity index (χ4v) is 5.11. The molecule has 1 aliphatic rings. The van der Waals surface area contributed by atoms with Crippen LogP contribution in [0, 0.1) is 12.7 Å². The minimum Gasteiger partial charge on any atom is -0.475 e. The molecule has 0 saturated carbocycles. The number of carboxylic acid groups (broad SMARTS) is 1. The van der Waals surface area contributed by atoms with E-state index in [1.165, 1.54) is 17.8 Å². The number of likely N-dealkylation sites (tertiary alicyclic amines) is 1. The lowest BCUT2D eigenvalue weighted by molar-refractivity contribution is -0.192. The Hall–Kier alpha value is -3.05. The summed E-state index contributed by atoms with van der Waals surface area (Å²) in [6.07, 6.45) is -0.798. The van der Waals surface area contributed by atoms with Crippen molar-refractivity contribution in [2.24, 2.45) is 0 Å². The van der Waals surface area contributed by atoms with Gasteiger partial charge in [-0.1, -0.05) is 6.07 Å². The van der Waals surface area contributed by atoms with E-state index in [4.69, 9.17) is 14.9 Å². The number of rotatable bonds is 3. The van der Waals surface area contributed by atoms with Crippen molar-refractivity contribution in [3.8, 4) is 0 Å². The molecule has 0 radical (unpaired) electrons. The minimum absolute atomic E-state index is 0.211. The minimum atomic E-state index is -5.08. The molecular formula is C23H22F4N4O2S. The molecule has 0 amide bonds. The van der Waals surface area contributed by atoms with Gasteiger partial charge < -0.3 is 9.51 Å². The van der Waals surface area contributed by atoms with E-state index in [1.807, 2.05) is 12.1 Å². The second-order valence-corrected chi connectivity index (χ2v) is 9.15. The number of carbonyl (C=O) groups is 1. The summed E-state index contributed by atoms with van der Waals surface area (Å²) in [5, 5.41) is 8.28. The van der Waals surface area contributed by atoms with Crippen molar-refractivity contribution in [1.29, 1.82) is 0 Å². The zero-order valence-electron chi connectivity index (χ0n) is 18.2. The summed E-state index contributed by atoms with van der Waals surface area (Å²) in [4.78, 5) is 20.8. The molecule has 4 heterocycles. The van der Waals surface area contributed by atoms with Gasteiger partial charge in [0.25, 0.3) is 0 Å². The Bertz CT molecular complexity index is 1310. The second-order valence-electron chi connectivity index (χ2n) is 8.09. The molecule has 0 bridgehead atoms. The van der Waals surface area contributed by atoms with Gasteiger partial charge in [-0.25, -0.2) is 19.2 Å². The number of alkyl halides is 3. The Labute approximate surface area is 196 Å². The monoisotopic (exact) mass is 494 g/mol. The molecule has 0 aliphatic carbocycles. The Morgan fingerprint density at radius 2 is 1.88 bits per heavy atom. The molecule has 1 N–H and O–H groups in total. The number of fused-ring (bicyclic) bond motifs is 2. The number of benzene rings is 1. The van der Waals surface area contributed by atoms with E-state index in [2.05, 4.69) is 39.5 Å². The predicted octanol–water partition coefficient (Wildman–Crippen LogP) is 5.40. The summed E-state index contributed by atoms with van der Waals surface area (Å²) in [6, 6.07) is 11.0. The number of aromatic nitrogens is 3. The third kappa shape index (κ3) is 5.36. The zero-order chi connectivity index (χ0) is 24.5. The normalized spacial score (nSPS) is 15.4. The van der Waals surface area contributed by atoms with Crippen LogP contribution in [0.1, 0.15) is 35.2 Å². The van der Waals surface area contributed by atoms with Crippen molar-refractivity contribution in [1.82, 2.24) is 19.3 Å². The molecule has 1 aromatic carbocycles. The number of halogens is 4. The predicted molar refractivity (Wildman–Crippen MR) is 120 cm³/mol. The van der Waals surface area contributed by atoms with Crippen molar-refractivity contribution >= 4 is 33.2 Å². The number of pyridine rings is 1. The fourth-order valence-electron chi connectivity index (χ4n) is 4.00. The van der Waals surface area contributed by atoms with E-state index in [1.54, 1.807) is 11.3 Å². The highest BCUT2D eigenvalue weighted by Crippen LogP contribution is 2.34. The van der Waals surface area contributed by atoms with Crippen LogP contribution < -0.4 is 0 Å². The van der Waals surface area contributed by atoms with Crippen LogP contribution in [0.25, 0.3) is 15.9 Å². The van der Waals surface area contributed by atoms with Crippen molar-refractivity contribution in [3.63, 3.8) is 0 Å². The van der Waals surface area contributed by atoms with Crippen LogP contribution in [0.15, 0.2) is 42.6 Å². The molecule has 5 rings (SSSR count). The number of thiazole rings is 1. The molecule has 1 fully saturated rings. The number of hydrogen-bond donors (Lipinski definition) is 1. The van der Waals surface area contributed by atoms with Gasteiger partial charge in [-0.05, 0) is 57.1 Å². The van der Waals surface area contributed by atoms with Gasteiger partial charge in [0.2, 0.25) is 0 Å². The van der Waals surface area contributed by atoms with Crippen LogP contribution >= 0.6 is 11.3 Å². The standard InChI is InChI=1S/C21H21FN4S.C2HF3O2/c1-14-18(26-9-3-2-4-20(26)23-14)13-25-10-7-15(8-11-25)21-24-17-12-16(22)5-6-19(17)27-21;3-2(4,5)1(6)7/h2-6,9,12,15H,7-8,10-11,13H2,1H3;(H,6,7). The maximum atomic E-state index is 13.4. The van der Waals surface area contributed by atoms with Gasteiger partial charge in [0.15, 0.2) is 0 Å². The molecule has 6 nitrogen and oxygen atoms in total. The highest BCUT2D eigenvalue weighted by atomic mass is 32.1. The topological polar surface area (TPSA) is 70.7 Å². The quantitative estimate of drug-likeness (QED) is 0.386. The van der Waals surface area contributed by atoms with E-state index in [-0.39, 0.29) is 5.82 Å². The number of imidazole rings is 1. The number of nitrogens with zero attached hydrogens (tertiary/aromatic N) is 4. The molecule has 0 spiro atoms. The largest absolute Gasteiger partial charge is 0.490 e. The van der Waals surface area contributed by atoms with Crippen LogP contribution in [0.4, 0.5) is 17.6 Å². The summed E-state index contributed by atoms with van der Waals surface area (Å²) in [5.41, 5.74) is 4.19. The van der Waals surface area contributed by atoms with Gasteiger partial charge in [-0.15, -0.1) is 11.3 Å². The third-order valence-corrected chi connectivity index (χ3v) is 6.95. The molecule has 1 aliphatic heterocycles. The molecular weight excluding hydrogens is 472 g/mol. The Balaban J connectivity index is 0.000000344. The summed E-state index contributed by atoms with van der Waals surface area (Å²) in [5.74, 6) is -2.49. The number of hydrogen-bond acceptors (Lipinski definition) is 5. The maximum absolute atomic E-state index is 13.4. The first-order chi connectivity index (χ1) is 16.1. The molecule has 4 aromatic rings. The van der Waals surface area contributed by atoms with Gasteiger partial charge in [0.05, 0.1) is 26.6 Å². The molecule has 3 aromatic heterocycles. The lowest BCUT2D eigenvalue weighted by Gasteiger charge is -2.31. The average molecular weight is 495 g/mol. The first-order valence-electron chi connectivity index (χ1n) is 10.6. The van der Waals surface area contributed by atoms with Crippen LogP contribution in [-0.2, 0) is 11.3 Å². The number of piperidine rings is 1. The number of aryl methyl sites for hydroxylation is 1. The van der Waals surface area contributed by atoms with Crippen LogP contribution in [-0.4, -0.2) is 49.6 Å². The highest BCUT2D eigenvalue weighted by molar-refractivity contribution is 7.18. The van der Waals surface area contributed by atoms with Crippen molar-refractivity contribution in [2.75, 3.05) is 13.1 Å². The van der Waals surface area contributed by atoms with Gasteiger partial charge in [0.1, 0.15) is 11.5 Å². The number of aliphatic carboxylic acids is 1. The molecule has 180 valence electrons. The van der Waals surface area contributed by atoms with E-state index < -0.39 is 12.1 Å². The Kier molecular flexibility index (Phi) is 6.85. The van der Waals surface area contributed by atoms with Crippen LogP contribution in [0.2, 0.25) is 0 Å². The van der Waals surface area contributed by atoms with Gasteiger partial charge >= 0.3 is 12.1 Å². The lowest BCUT2D eigenvalue weighted by atomic mass is 9.97. The van der Waals surface area contributed by atoms with Crippen LogP contribution in [0.5, 0.6) is 0 Å². The van der Waals surface area contributed by atoms with E-state index >= 15 is 0 Å². The SMILES string of the molecule is Cc1nc2ccccn2c1CN1CCC(c2nc3cc(F)ccc3s2)CC1.O=C(O)C(F)(F)F. The van der Waals surface area contributed by atoms with Crippen molar-refractivity contribution < 1.29 is 27.5 Å². The zero-order valence-corrected chi connectivity index (χ0v) is 19.0. The Morgan fingerprint density at radius 1 is 1.18 bits per heavy atom. The van der Waals surface area contributed by atoms with E-state index in [0.717, 1.165) is 59.0 Å². The summed E-state index contributed by atoms with van der Waals surface area (Å²) < 4.78 is 48.4. The summed E-state index contributed by atoms with van der Waals surface area (Å²) >= 11 is 1.71. The highest BCUT2D eigenvalue weighted by Gasteiger charge is 2.38. The van der Waals surface area contributed by atoms with Crippen molar-refractivity contribution in [3.05, 3.63) is 64.8 Å². The maximum Gasteiger partial charge on any atom is 0.490 e. The second kappa shape index (κ2) is 9.67. The number of carboxylic acids is 1. The first-order valence-corrected chi connectivity index (χ1v) is 11.4. The average Bonchev–Trinajstić information content (AvgIpc) is 3.34. The van der Waals surface area contributed by atoms with E-state index in [0.29, 0.717) is 5.92 Å². The van der Waals surface area contributed by atoms with E-state index in [9.17, 15) is 17.6 Å². The first kappa shape index (κ1) is 24.1. The summed E-state index contributed by atoms with van der Waals surface area (Å²) in [7, 11) is 0. The molecule has 34 heavy (non-hydrogen) atoms.